The van der Waals surface area contributed by atoms with Crippen molar-refractivity contribution in [2.45, 2.75) is 31.7 Å². The molecule has 1 aliphatic heterocycles. The number of carbonyl (C=O) groups is 2. The van der Waals surface area contributed by atoms with Gasteiger partial charge in [0.05, 0.1) is 0 Å². The smallest absolute Gasteiger partial charge is 0.414 e. The van der Waals surface area contributed by atoms with E-state index in [4.69, 9.17) is 9.47 Å². The molecule has 134 valence electrons. The van der Waals surface area contributed by atoms with Crippen molar-refractivity contribution in [3.05, 3.63) is 84.4 Å². The van der Waals surface area contributed by atoms with Crippen LogP contribution in [-0.4, -0.2) is 22.5 Å². The summed E-state index contributed by atoms with van der Waals surface area (Å²) in [5.74, 6) is -0.470. The largest absolute Gasteiger partial charge is 0.444 e. The van der Waals surface area contributed by atoms with E-state index in [-0.39, 0.29) is 13.0 Å². The third kappa shape index (κ3) is 3.33. The first-order chi connectivity index (χ1) is 12.6. The van der Waals surface area contributed by atoms with Crippen LogP contribution in [0.1, 0.15) is 30.7 Å². The highest BCUT2D eigenvalue weighted by molar-refractivity contribution is 5.88. The summed E-state index contributed by atoms with van der Waals surface area (Å²) in [6.07, 6.45) is 0.455. The first-order valence-corrected chi connectivity index (χ1v) is 8.43. The van der Waals surface area contributed by atoms with Gasteiger partial charge in [-0.15, -0.1) is 6.58 Å². The SMILES string of the molecule is C=CC[C@]1(C)C(=O)O[C@@H](c2ccccc2)N1C(=O)OCc1ccccc1. The maximum Gasteiger partial charge on any atom is 0.414 e. The van der Waals surface area contributed by atoms with Crippen LogP contribution >= 0.6 is 0 Å². The Hall–Kier alpha value is -3.08. The molecule has 1 amide bonds. The molecule has 1 saturated heterocycles. The Kier molecular flexibility index (Phi) is 5.07. The molecule has 0 saturated carbocycles. The Labute approximate surface area is 152 Å². The molecule has 0 N–H and O–H groups in total. The Morgan fingerprint density at radius 2 is 1.81 bits per heavy atom. The molecule has 5 heteroatoms. The molecule has 0 radical (unpaired) electrons. The summed E-state index contributed by atoms with van der Waals surface area (Å²) in [5.41, 5.74) is 0.426. The van der Waals surface area contributed by atoms with E-state index in [0.29, 0.717) is 5.56 Å². The van der Waals surface area contributed by atoms with Crippen LogP contribution in [0.4, 0.5) is 4.79 Å². The number of esters is 1. The standard InChI is InChI=1S/C21H21NO4/c1-3-14-21(2)19(23)26-18(17-12-8-5-9-13-17)22(21)20(24)25-15-16-10-6-4-7-11-16/h3-13,18H,1,14-15H2,2H3/t18-,21+/m0/s1. The molecule has 26 heavy (non-hydrogen) atoms. The van der Waals surface area contributed by atoms with Crippen LogP contribution in [-0.2, 0) is 20.9 Å². The summed E-state index contributed by atoms with van der Waals surface area (Å²) in [7, 11) is 0. The van der Waals surface area contributed by atoms with E-state index in [0.717, 1.165) is 5.56 Å². The summed E-state index contributed by atoms with van der Waals surface area (Å²) in [6.45, 7) is 5.49. The number of rotatable bonds is 5. The van der Waals surface area contributed by atoms with E-state index in [9.17, 15) is 9.59 Å². The summed E-state index contributed by atoms with van der Waals surface area (Å²) in [5, 5.41) is 0. The van der Waals surface area contributed by atoms with Gasteiger partial charge in [0.25, 0.3) is 0 Å². The van der Waals surface area contributed by atoms with Crippen molar-refractivity contribution in [3.8, 4) is 0 Å². The predicted molar refractivity (Wildman–Crippen MR) is 97.0 cm³/mol. The molecular formula is C21H21NO4. The van der Waals surface area contributed by atoms with Crippen molar-refractivity contribution in [3.63, 3.8) is 0 Å². The number of hydrogen-bond donors (Lipinski definition) is 0. The van der Waals surface area contributed by atoms with Gasteiger partial charge >= 0.3 is 12.1 Å². The van der Waals surface area contributed by atoms with Crippen LogP contribution < -0.4 is 0 Å². The minimum Gasteiger partial charge on any atom is -0.444 e. The zero-order chi connectivity index (χ0) is 18.6. The highest BCUT2D eigenvalue weighted by Crippen LogP contribution is 2.40. The average molecular weight is 351 g/mol. The van der Waals surface area contributed by atoms with Crippen molar-refractivity contribution in [2.24, 2.45) is 0 Å². The Morgan fingerprint density at radius 3 is 2.42 bits per heavy atom. The Balaban J connectivity index is 1.87. The maximum absolute atomic E-state index is 12.9. The van der Waals surface area contributed by atoms with E-state index in [2.05, 4.69) is 6.58 Å². The Bertz CT molecular complexity index is 790. The summed E-state index contributed by atoms with van der Waals surface area (Å²) >= 11 is 0. The van der Waals surface area contributed by atoms with Crippen molar-refractivity contribution < 1.29 is 19.1 Å². The van der Waals surface area contributed by atoms with Crippen LogP contribution in [0.3, 0.4) is 0 Å². The molecule has 1 heterocycles. The van der Waals surface area contributed by atoms with Gasteiger partial charge in [0.2, 0.25) is 6.23 Å². The lowest BCUT2D eigenvalue weighted by molar-refractivity contribution is -0.145. The molecule has 0 aliphatic carbocycles. The zero-order valence-electron chi connectivity index (χ0n) is 14.6. The van der Waals surface area contributed by atoms with Gasteiger partial charge in [-0.05, 0) is 18.9 Å². The van der Waals surface area contributed by atoms with Gasteiger partial charge in [-0.1, -0.05) is 66.7 Å². The van der Waals surface area contributed by atoms with Crippen LogP contribution in [0.15, 0.2) is 73.3 Å². The maximum atomic E-state index is 12.9. The average Bonchev–Trinajstić information content (AvgIpc) is 2.93. The Morgan fingerprint density at radius 1 is 1.19 bits per heavy atom. The molecule has 1 aliphatic rings. The topological polar surface area (TPSA) is 55.8 Å². The van der Waals surface area contributed by atoms with Crippen molar-refractivity contribution >= 4 is 12.1 Å². The molecule has 0 spiro atoms. The molecule has 2 aromatic carbocycles. The fraction of sp³-hybridized carbons (Fsp3) is 0.238. The second-order valence-corrected chi connectivity index (χ2v) is 6.35. The summed E-state index contributed by atoms with van der Waals surface area (Å²) < 4.78 is 11.0. The number of carbonyl (C=O) groups excluding carboxylic acids is 2. The summed E-state index contributed by atoms with van der Waals surface area (Å²) in [6, 6.07) is 18.5. The van der Waals surface area contributed by atoms with Crippen molar-refractivity contribution in [2.75, 3.05) is 0 Å². The van der Waals surface area contributed by atoms with Crippen molar-refractivity contribution in [1.82, 2.24) is 4.90 Å². The second-order valence-electron chi connectivity index (χ2n) is 6.35. The van der Waals surface area contributed by atoms with Gasteiger partial charge in [0.1, 0.15) is 12.1 Å². The quantitative estimate of drug-likeness (QED) is 0.598. The van der Waals surface area contributed by atoms with Gasteiger partial charge in [-0.25, -0.2) is 9.59 Å². The predicted octanol–water partition coefficient (Wildman–Crippen LogP) is 4.22. The number of amides is 1. The molecule has 1 fully saturated rings. The number of benzene rings is 2. The lowest BCUT2D eigenvalue weighted by atomic mass is 9.96. The minimum absolute atomic E-state index is 0.121. The van der Waals surface area contributed by atoms with Crippen molar-refractivity contribution in [1.29, 1.82) is 0 Å². The van der Waals surface area contributed by atoms with E-state index in [1.807, 2.05) is 60.7 Å². The zero-order valence-corrected chi connectivity index (χ0v) is 14.6. The molecular weight excluding hydrogens is 330 g/mol. The highest BCUT2D eigenvalue weighted by atomic mass is 16.6. The fourth-order valence-electron chi connectivity index (χ4n) is 3.02. The third-order valence-electron chi connectivity index (χ3n) is 4.45. The molecule has 0 unspecified atom stereocenters. The number of hydrogen-bond acceptors (Lipinski definition) is 4. The molecule has 0 bridgehead atoms. The normalized spacial score (nSPS) is 22.0. The van der Waals surface area contributed by atoms with Crippen LogP contribution in [0, 0.1) is 0 Å². The lowest BCUT2D eigenvalue weighted by Crippen LogP contribution is -2.49. The highest BCUT2D eigenvalue weighted by Gasteiger charge is 2.55. The molecule has 0 aromatic heterocycles. The molecule has 2 atom stereocenters. The number of ether oxygens (including phenoxy) is 2. The van der Waals surface area contributed by atoms with E-state index in [1.165, 1.54) is 4.90 Å². The second kappa shape index (κ2) is 7.44. The number of cyclic esters (lactones) is 1. The van der Waals surface area contributed by atoms with Gasteiger partial charge in [0.15, 0.2) is 0 Å². The van der Waals surface area contributed by atoms with Crippen LogP contribution in [0.2, 0.25) is 0 Å². The van der Waals surface area contributed by atoms with Crippen LogP contribution in [0.25, 0.3) is 0 Å². The first kappa shape index (κ1) is 17.7. The molecule has 5 nitrogen and oxygen atoms in total. The van der Waals surface area contributed by atoms with Crippen LogP contribution in [0.5, 0.6) is 0 Å². The minimum atomic E-state index is -1.16. The van der Waals surface area contributed by atoms with Gasteiger partial charge in [-0.3, -0.25) is 4.90 Å². The monoisotopic (exact) mass is 351 g/mol. The van der Waals surface area contributed by atoms with E-state index in [1.54, 1.807) is 13.0 Å². The van der Waals surface area contributed by atoms with E-state index < -0.39 is 23.8 Å². The molecule has 2 aromatic rings. The van der Waals surface area contributed by atoms with Gasteiger partial charge < -0.3 is 9.47 Å². The molecule has 3 rings (SSSR count). The summed E-state index contributed by atoms with van der Waals surface area (Å²) in [4.78, 5) is 26.8. The van der Waals surface area contributed by atoms with Gasteiger partial charge in [-0.2, -0.15) is 0 Å². The number of nitrogens with zero attached hydrogens (tertiary/aromatic N) is 1. The fourth-order valence-corrected chi connectivity index (χ4v) is 3.02. The van der Waals surface area contributed by atoms with E-state index >= 15 is 0 Å². The van der Waals surface area contributed by atoms with Gasteiger partial charge in [0, 0.05) is 5.56 Å². The third-order valence-corrected chi connectivity index (χ3v) is 4.45. The lowest BCUT2D eigenvalue weighted by Gasteiger charge is -2.32. The first-order valence-electron chi connectivity index (χ1n) is 8.43.